The van der Waals surface area contributed by atoms with Crippen molar-refractivity contribution in [2.24, 2.45) is 0 Å². The van der Waals surface area contributed by atoms with Gasteiger partial charge in [-0.05, 0) is 57.7 Å². The van der Waals surface area contributed by atoms with Crippen LogP contribution in [-0.4, -0.2) is 75.5 Å². The number of aromatic nitrogens is 2. The van der Waals surface area contributed by atoms with E-state index < -0.39 is 66.7 Å². The van der Waals surface area contributed by atoms with E-state index >= 15 is 0 Å². The molecule has 2 amide bonds. The van der Waals surface area contributed by atoms with E-state index in [4.69, 9.17) is 13.1 Å². The average Bonchev–Trinajstić information content (AvgIpc) is 2.84. The zero-order valence-electron chi connectivity index (χ0n) is 24.1. The third-order valence-corrected chi connectivity index (χ3v) is 6.41. The maximum absolute atomic E-state index is 13.2. The van der Waals surface area contributed by atoms with Crippen LogP contribution >= 0.6 is 0 Å². The molecule has 0 saturated heterocycles. The molecule has 1 aromatic carbocycles. The van der Waals surface area contributed by atoms with Crippen molar-refractivity contribution in [3.8, 4) is 5.75 Å². The SMILES string of the molecule is CN(C(=O)OC(C)(C)C)C(CCCCOS(C)(=O)=O)c1nc(C(=O)NCc2ccc(F)cc2)c(OS(C)(=O)=O)c(=O)[nH]1. The Kier molecular flexibility index (Phi) is 11.6. The molecule has 2 rings (SSSR count). The van der Waals surface area contributed by atoms with Gasteiger partial charge in [-0.25, -0.2) is 14.2 Å². The van der Waals surface area contributed by atoms with Gasteiger partial charge >= 0.3 is 16.2 Å². The maximum Gasteiger partial charge on any atom is 0.410 e. The summed E-state index contributed by atoms with van der Waals surface area (Å²) in [6, 6.07) is 4.18. The molecule has 0 radical (unpaired) electrons. The highest BCUT2D eigenvalue weighted by molar-refractivity contribution is 7.86. The van der Waals surface area contributed by atoms with Crippen LogP contribution in [0.1, 0.15) is 68.0 Å². The fourth-order valence-electron chi connectivity index (χ4n) is 3.51. The van der Waals surface area contributed by atoms with Crippen LogP contribution in [0.3, 0.4) is 0 Å². The normalized spacial score (nSPS) is 12.8. The van der Waals surface area contributed by atoms with Crippen molar-refractivity contribution in [1.29, 1.82) is 0 Å². The molecular formula is C25H35FN4O10S2. The number of hydrogen-bond acceptors (Lipinski definition) is 11. The van der Waals surface area contributed by atoms with Crippen LogP contribution in [0.5, 0.6) is 5.75 Å². The first-order chi connectivity index (χ1) is 19.3. The van der Waals surface area contributed by atoms with Crippen molar-refractivity contribution in [3.63, 3.8) is 0 Å². The minimum atomic E-state index is -4.27. The van der Waals surface area contributed by atoms with Gasteiger partial charge in [-0.2, -0.15) is 16.8 Å². The Morgan fingerprint density at radius 2 is 1.69 bits per heavy atom. The van der Waals surface area contributed by atoms with E-state index in [9.17, 15) is 35.6 Å². The first-order valence-corrected chi connectivity index (χ1v) is 16.3. The molecule has 0 spiro atoms. The summed E-state index contributed by atoms with van der Waals surface area (Å²) >= 11 is 0. The molecule has 234 valence electrons. The molecule has 14 nitrogen and oxygen atoms in total. The van der Waals surface area contributed by atoms with Gasteiger partial charge in [0.25, 0.3) is 21.6 Å². The number of amides is 2. The van der Waals surface area contributed by atoms with Crippen LogP contribution in [0.25, 0.3) is 0 Å². The highest BCUT2D eigenvalue weighted by Gasteiger charge is 2.31. The number of rotatable bonds is 13. The molecule has 0 saturated carbocycles. The van der Waals surface area contributed by atoms with Gasteiger partial charge in [-0.15, -0.1) is 0 Å². The van der Waals surface area contributed by atoms with Crippen LogP contribution < -0.4 is 15.1 Å². The summed E-state index contributed by atoms with van der Waals surface area (Å²) in [5.41, 5.74) is -2.16. The summed E-state index contributed by atoms with van der Waals surface area (Å²) in [4.78, 5) is 46.8. The number of ether oxygens (including phenoxy) is 1. The lowest BCUT2D eigenvalue weighted by atomic mass is 10.1. The van der Waals surface area contributed by atoms with Crippen LogP contribution in [0.2, 0.25) is 0 Å². The first-order valence-electron chi connectivity index (χ1n) is 12.6. The molecule has 2 N–H and O–H groups in total. The predicted octanol–water partition coefficient (Wildman–Crippen LogP) is 2.23. The van der Waals surface area contributed by atoms with Gasteiger partial charge < -0.3 is 24.1 Å². The summed E-state index contributed by atoms with van der Waals surface area (Å²) in [6.07, 6.45) is 1.43. The third-order valence-electron chi connectivity index (χ3n) is 5.35. The van der Waals surface area contributed by atoms with E-state index in [-0.39, 0.29) is 38.2 Å². The molecule has 2 aromatic rings. The van der Waals surface area contributed by atoms with Gasteiger partial charge in [0.15, 0.2) is 5.69 Å². The minimum absolute atomic E-state index is 0.106. The van der Waals surface area contributed by atoms with Gasteiger partial charge in [-0.3, -0.25) is 13.8 Å². The Bertz CT molecular complexity index is 1540. The lowest BCUT2D eigenvalue weighted by Gasteiger charge is -2.30. The molecule has 1 aromatic heterocycles. The Balaban J connectivity index is 2.49. The smallest absolute Gasteiger partial charge is 0.410 e. The fourth-order valence-corrected chi connectivity index (χ4v) is 4.39. The van der Waals surface area contributed by atoms with E-state index in [1.165, 1.54) is 31.3 Å². The van der Waals surface area contributed by atoms with Crippen molar-refractivity contribution in [2.75, 3.05) is 26.2 Å². The number of nitrogens with zero attached hydrogens (tertiary/aromatic N) is 2. The molecule has 42 heavy (non-hydrogen) atoms. The van der Waals surface area contributed by atoms with Crippen molar-refractivity contribution in [1.82, 2.24) is 20.2 Å². The van der Waals surface area contributed by atoms with Gasteiger partial charge in [-0.1, -0.05) is 12.1 Å². The number of aromatic amines is 1. The number of halogens is 1. The second-order valence-corrected chi connectivity index (χ2v) is 13.6. The Labute approximate surface area is 243 Å². The third kappa shape index (κ3) is 11.7. The van der Waals surface area contributed by atoms with Gasteiger partial charge in [0.1, 0.15) is 17.2 Å². The predicted molar refractivity (Wildman–Crippen MR) is 149 cm³/mol. The summed E-state index contributed by atoms with van der Waals surface area (Å²) in [7, 11) is -6.56. The van der Waals surface area contributed by atoms with Gasteiger partial charge in [0, 0.05) is 13.6 Å². The van der Waals surface area contributed by atoms with Gasteiger partial charge in [0.2, 0.25) is 5.75 Å². The van der Waals surface area contributed by atoms with E-state index in [0.29, 0.717) is 11.8 Å². The monoisotopic (exact) mass is 634 g/mol. The number of nitrogens with one attached hydrogen (secondary N) is 2. The summed E-state index contributed by atoms with van der Waals surface area (Å²) in [6.45, 7) is 4.69. The fraction of sp³-hybridized carbons (Fsp3) is 0.520. The average molecular weight is 635 g/mol. The summed E-state index contributed by atoms with van der Waals surface area (Å²) < 4.78 is 74.4. The number of unbranched alkanes of at least 4 members (excludes halogenated alkanes) is 1. The highest BCUT2D eigenvalue weighted by Crippen LogP contribution is 2.26. The molecule has 0 aliphatic carbocycles. The number of benzene rings is 1. The molecular weight excluding hydrogens is 599 g/mol. The van der Waals surface area contributed by atoms with Crippen molar-refractivity contribution in [3.05, 3.63) is 57.5 Å². The molecule has 0 aliphatic rings. The molecule has 1 unspecified atom stereocenters. The Hall–Kier alpha value is -3.57. The van der Waals surface area contributed by atoms with Crippen molar-refractivity contribution >= 4 is 32.2 Å². The number of hydrogen-bond donors (Lipinski definition) is 2. The highest BCUT2D eigenvalue weighted by atomic mass is 32.2. The minimum Gasteiger partial charge on any atom is -0.444 e. The summed E-state index contributed by atoms with van der Waals surface area (Å²) in [5, 5.41) is 2.48. The van der Waals surface area contributed by atoms with Crippen molar-refractivity contribution < 1.29 is 43.9 Å². The van der Waals surface area contributed by atoms with Crippen LogP contribution in [0.4, 0.5) is 9.18 Å². The van der Waals surface area contributed by atoms with E-state index in [0.717, 1.165) is 11.2 Å². The lowest BCUT2D eigenvalue weighted by Crippen LogP contribution is -2.38. The largest absolute Gasteiger partial charge is 0.444 e. The molecule has 17 heteroatoms. The molecule has 0 fully saturated rings. The number of carbonyl (C=O) groups excluding carboxylic acids is 2. The Morgan fingerprint density at radius 3 is 2.24 bits per heavy atom. The van der Waals surface area contributed by atoms with Crippen molar-refractivity contribution in [2.45, 2.75) is 58.2 Å². The second-order valence-electron chi connectivity index (χ2n) is 10.4. The van der Waals surface area contributed by atoms with Gasteiger partial charge in [0.05, 0.1) is 25.2 Å². The topological polar surface area (TPSA) is 191 Å². The molecule has 0 bridgehead atoms. The summed E-state index contributed by atoms with van der Waals surface area (Å²) in [5.74, 6) is -2.55. The molecule has 1 atom stereocenters. The Morgan fingerprint density at radius 1 is 1.07 bits per heavy atom. The first kappa shape index (κ1) is 34.6. The van der Waals surface area contributed by atoms with E-state index in [1.807, 2.05) is 0 Å². The zero-order chi connectivity index (χ0) is 31.9. The quantitative estimate of drug-likeness (QED) is 0.243. The standard InChI is InChI=1S/C25H35FN4O10S2/c1-25(2,3)39-24(33)30(4)18(9-7-8-14-38-41(5,34)35)21-28-19(20(23(32)29-21)40-42(6,36)37)22(31)27-15-16-10-12-17(26)13-11-16/h10-13,18H,7-9,14-15H2,1-6H3,(H,27,31)(H,28,29,32). The van der Waals surface area contributed by atoms with E-state index in [2.05, 4.69) is 15.3 Å². The molecule has 1 heterocycles. The van der Waals surface area contributed by atoms with Crippen LogP contribution in [-0.2, 0) is 35.7 Å². The zero-order valence-corrected chi connectivity index (χ0v) is 25.7. The number of carbonyl (C=O) groups is 2. The van der Waals surface area contributed by atoms with Crippen LogP contribution in [0, 0.1) is 5.82 Å². The maximum atomic E-state index is 13.2. The lowest BCUT2D eigenvalue weighted by molar-refractivity contribution is 0.0201. The van der Waals surface area contributed by atoms with Crippen LogP contribution in [0.15, 0.2) is 29.1 Å². The second kappa shape index (κ2) is 14.1. The molecule has 0 aliphatic heterocycles. The van der Waals surface area contributed by atoms with E-state index in [1.54, 1.807) is 20.8 Å². The number of H-pyrrole nitrogens is 1.